The quantitative estimate of drug-likeness (QED) is 0.502. The van der Waals surface area contributed by atoms with E-state index in [1.165, 1.54) is 6.21 Å². The molecule has 2 aromatic carbocycles. The molecule has 0 saturated carbocycles. The first-order valence-corrected chi connectivity index (χ1v) is 7.27. The summed E-state index contributed by atoms with van der Waals surface area (Å²) in [5, 5.41) is 6.28. The highest BCUT2D eigenvalue weighted by Gasteiger charge is 2.13. The maximum absolute atomic E-state index is 11.7. The van der Waals surface area contributed by atoms with E-state index in [-0.39, 0.29) is 13.3 Å². The molecule has 3 rings (SSSR count). The van der Waals surface area contributed by atoms with Crippen molar-refractivity contribution in [2.24, 2.45) is 5.10 Å². The van der Waals surface area contributed by atoms with Gasteiger partial charge >= 0.3 is 11.8 Å². The summed E-state index contributed by atoms with van der Waals surface area (Å²) >= 11 is 0. The minimum Gasteiger partial charge on any atom is -0.454 e. The molecule has 0 unspecified atom stereocenters. The summed E-state index contributed by atoms with van der Waals surface area (Å²) in [7, 11) is 0. The summed E-state index contributed by atoms with van der Waals surface area (Å²) in [5.41, 5.74) is 3.80. The number of amides is 2. The largest absolute Gasteiger partial charge is 0.454 e. The van der Waals surface area contributed by atoms with Gasteiger partial charge in [-0.2, -0.15) is 5.10 Å². The molecule has 1 aliphatic rings. The summed E-state index contributed by atoms with van der Waals surface area (Å²) in [4.78, 5) is 23.3. The molecule has 0 saturated heterocycles. The van der Waals surface area contributed by atoms with Crippen LogP contribution in [0.25, 0.3) is 0 Å². The van der Waals surface area contributed by atoms with E-state index < -0.39 is 11.8 Å². The molecular weight excluding hydrogens is 310 g/mol. The van der Waals surface area contributed by atoms with Crippen LogP contribution in [0.2, 0.25) is 0 Å². The van der Waals surface area contributed by atoms with Crippen molar-refractivity contribution in [3.63, 3.8) is 0 Å². The van der Waals surface area contributed by atoms with Gasteiger partial charge in [-0.3, -0.25) is 9.59 Å². The maximum Gasteiger partial charge on any atom is 0.329 e. The van der Waals surface area contributed by atoms with Gasteiger partial charge in [0.15, 0.2) is 11.5 Å². The molecule has 0 spiro atoms. The molecule has 0 radical (unpaired) electrons. The first-order valence-electron chi connectivity index (χ1n) is 7.27. The van der Waals surface area contributed by atoms with E-state index in [0.29, 0.717) is 17.1 Å². The van der Waals surface area contributed by atoms with Gasteiger partial charge in [-0.05, 0) is 29.3 Å². The van der Waals surface area contributed by atoms with E-state index in [1.54, 1.807) is 18.2 Å². The first-order chi connectivity index (χ1) is 11.7. The van der Waals surface area contributed by atoms with Crippen LogP contribution in [0.15, 0.2) is 53.6 Å². The summed E-state index contributed by atoms with van der Waals surface area (Å²) < 4.78 is 10.4. The normalized spacial score (nSPS) is 12.2. The molecule has 0 fully saturated rings. The number of carbonyl (C=O) groups excluding carboxylic acids is 2. The van der Waals surface area contributed by atoms with E-state index in [2.05, 4.69) is 15.8 Å². The molecule has 24 heavy (non-hydrogen) atoms. The van der Waals surface area contributed by atoms with Gasteiger partial charge in [0.25, 0.3) is 0 Å². The second-order valence-corrected chi connectivity index (χ2v) is 4.98. The van der Waals surface area contributed by atoms with Gasteiger partial charge in [-0.15, -0.1) is 0 Å². The summed E-state index contributed by atoms with van der Waals surface area (Å²) in [6, 6.07) is 14.5. The molecule has 0 aliphatic carbocycles. The Hall–Kier alpha value is -3.35. The van der Waals surface area contributed by atoms with Crippen LogP contribution >= 0.6 is 0 Å². The SMILES string of the molecule is O=C(NCc1ccccc1)C(=O)N/N=C\c1ccc2c(c1)OCO2. The predicted molar refractivity (Wildman–Crippen MR) is 86.6 cm³/mol. The Morgan fingerprint density at radius 3 is 2.67 bits per heavy atom. The molecule has 7 nitrogen and oxygen atoms in total. The summed E-state index contributed by atoms with van der Waals surface area (Å²) in [5.74, 6) is -0.299. The molecule has 0 aromatic heterocycles. The Bertz CT molecular complexity index is 775. The van der Waals surface area contributed by atoms with Crippen LogP contribution in [0, 0.1) is 0 Å². The van der Waals surface area contributed by atoms with Gasteiger partial charge in [0, 0.05) is 6.54 Å². The molecule has 1 heterocycles. The van der Waals surface area contributed by atoms with Crippen molar-refractivity contribution in [3.05, 3.63) is 59.7 Å². The monoisotopic (exact) mass is 325 g/mol. The molecule has 1 aliphatic heterocycles. The second-order valence-electron chi connectivity index (χ2n) is 4.98. The molecule has 0 bridgehead atoms. The number of hydrogen-bond donors (Lipinski definition) is 2. The van der Waals surface area contributed by atoms with Crippen LogP contribution in [0.1, 0.15) is 11.1 Å². The first kappa shape index (κ1) is 15.5. The molecular formula is C17H15N3O4. The Kier molecular flexibility index (Phi) is 4.71. The fourth-order valence-corrected chi connectivity index (χ4v) is 2.07. The number of nitrogens with one attached hydrogen (secondary N) is 2. The number of hydrazone groups is 1. The number of nitrogens with zero attached hydrogens (tertiary/aromatic N) is 1. The van der Waals surface area contributed by atoms with Crippen molar-refractivity contribution in [1.82, 2.24) is 10.7 Å². The molecule has 0 atom stereocenters. The predicted octanol–water partition coefficient (Wildman–Crippen LogP) is 1.18. The van der Waals surface area contributed by atoms with Crippen LogP contribution in [0.5, 0.6) is 11.5 Å². The fourth-order valence-electron chi connectivity index (χ4n) is 2.07. The summed E-state index contributed by atoms with van der Waals surface area (Å²) in [6.07, 6.45) is 1.42. The van der Waals surface area contributed by atoms with Crippen LogP contribution in [0.4, 0.5) is 0 Å². The van der Waals surface area contributed by atoms with E-state index in [9.17, 15) is 9.59 Å². The zero-order valence-electron chi connectivity index (χ0n) is 12.7. The lowest BCUT2D eigenvalue weighted by Crippen LogP contribution is -2.37. The minimum absolute atomic E-state index is 0.189. The van der Waals surface area contributed by atoms with Gasteiger partial charge in [0.1, 0.15) is 0 Å². The van der Waals surface area contributed by atoms with Crippen LogP contribution in [0.3, 0.4) is 0 Å². The van der Waals surface area contributed by atoms with Gasteiger partial charge in [0.2, 0.25) is 6.79 Å². The number of ether oxygens (including phenoxy) is 2. The number of fused-ring (bicyclic) bond motifs is 1. The lowest BCUT2D eigenvalue weighted by atomic mass is 10.2. The van der Waals surface area contributed by atoms with E-state index in [1.807, 2.05) is 30.3 Å². The van der Waals surface area contributed by atoms with Crippen LogP contribution in [-0.2, 0) is 16.1 Å². The lowest BCUT2D eigenvalue weighted by molar-refractivity contribution is -0.139. The number of rotatable bonds is 4. The van der Waals surface area contributed by atoms with E-state index in [0.717, 1.165) is 5.56 Å². The van der Waals surface area contributed by atoms with Gasteiger partial charge < -0.3 is 14.8 Å². The zero-order chi connectivity index (χ0) is 16.8. The number of benzene rings is 2. The third-order valence-corrected chi connectivity index (χ3v) is 3.28. The van der Waals surface area contributed by atoms with E-state index in [4.69, 9.17) is 9.47 Å². The van der Waals surface area contributed by atoms with Crippen molar-refractivity contribution in [2.45, 2.75) is 6.54 Å². The third-order valence-electron chi connectivity index (χ3n) is 3.28. The second kappa shape index (κ2) is 7.28. The molecule has 2 N–H and O–H groups in total. The Morgan fingerprint density at radius 1 is 1.04 bits per heavy atom. The average Bonchev–Trinajstić information content (AvgIpc) is 3.08. The van der Waals surface area contributed by atoms with Crippen LogP contribution < -0.4 is 20.2 Å². The van der Waals surface area contributed by atoms with Crippen molar-refractivity contribution in [3.8, 4) is 11.5 Å². The molecule has 122 valence electrons. The van der Waals surface area contributed by atoms with Crippen molar-refractivity contribution < 1.29 is 19.1 Å². The smallest absolute Gasteiger partial charge is 0.329 e. The molecule has 2 aromatic rings. The molecule has 2 amide bonds. The van der Waals surface area contributed by atoms with Crippen molar-refractivity contribution in [2.75, 3.05) is 6.79 Å². The van der Waals surface area contributed by atoms with Gasteiger partial charge in [0.05, 0.1) is 6.21 Å². The van der Waals surface area contributed by atoms with Crippen molar-refractivity contribution >= 4 is 18.0 Å². The number of carbonyl (C=O) groups is 2. The average molecular weight is 325 g/mol. The Morgan fingerprint density at radius 2 is 1.83 bits per heavy atom. The minimum atomic E-state index is -0.831. The topological polar surface area (TPSA) is 89.0 Å². The fraction of sp³-hybridized carbons (Fsp3) is 0.118. The highest BCUT2D eigenvalue weighted by molar-refractivity contribution is 6.35. The van der Waals surface area contributed by atoms with Gasteiger partial charge in [-0.1, -0.05) is 30.3 Å². The van der Waals surface area contributed by atoms with E-state index >= 15 is 0 Å². The molecule has 7 heteroatoms. The van der Waals surface area contributed by atoms with Crippen LogP contribution in [-0.4, -0.2) is 24.8 Å². The van der Waals surface area contributed by atoms with Crippen molar-refractivity contribution in [1.29, 1.82) is 0 Å². The highest BCUT2D eigenvalue weighted by Crippen LogP contribution is 2.31. The maximum atomic E-state index is 11.7. The Balaban J connectivity index is 1.48. The standard InChI is InChI=1S/C17H15N3O4/c21-16(18-9-12-4-2-1-3-5-12)17(22)20-19-10-13-6-7-14-15(8-13)24-11-23-14/h1-8,10H,9,11H2,(H,18,21)(H,20,22)/b19-10-. The highest BCUT2D eigenvalue weighted by atomic mass is 16.7. The Labute approximate surface area is 138 Å². The zero-order valence-corrected chi connectivity index (χ0v) is 12.7. The number of hydrogen-bond acceptors (Lipinski definition) is 5. The lowest BCUT2D eigenvalue weighted by Gasteiger charge is -2.03. The third kappa shape index (κ3) is 3.89. The summed E-state index contributed by atoms with van der Waals surface area (Å²) in [6.45, 7) is 0.465. The van der Waals surface area contributed by atoms with Gasteiger partial charge in [-0.25, -0.2) is 5.43 Å².